The first-order chi connectivity index (χ1) is 25.2. The first-order valence-electron chi connectivity index (χ1n) is 17.7. The number of pyridine rings is 1. The van der Waals surface area contributed by atoms with Crippen LogP contribution in [0.1, 0.15) is 33.9 Å². The van der Waals surface area contributed by atoms with Gasteiger partial charge in [0.2, 0.25) is 0 Å². The number of nitrogens with one attached hydrogen (secondary N) is 2. The lowest BCUT2D eigenvalue weighted by Gasteiger charge is -2.31. The van der Waals surface area contributed by atoms with Gasteiger partial charge in [-0.2, -0.15) is 0 Å². The highest BCUT2D eigenvalue weighted by Crippen LogP contribution is 2.38. The number of aliphatic hydroxyl groups excluding tert-OH is 1. The van der Waals surface area contributed by atoms with Gasteiger partial charge in [-0.1, -0.05) is 90.4 Å². The molecule has 1 aromatic heterocycles. The molecule has 0 aliphatic carbocycles. The van der Waals surface area contributed by atoms with Crippen molar-refractivity contribution in [3.8, 4) is 22.6 Å². The first kappa shape index (κ1) is 33.5. The van der Waals surface area contributed by atoms with E-state index in [0.717, 1.165) is 44.4 Å². The van der Waals surface area contributed by atoms with Crippen LogP contribution in [-0.4, -0.2) is 55.4 Å². The molecule has 2 aliphatic rings. The molecule has 6 aromatic rings. The average Bonchev–Trinajstić information content (AvgIpc) is 3.49. The lowest BCUT2D eigenvalue weighted by Crippen LogP contribution is -3.06. The standard InChI is InChI=1S/C42H40BN4O5/c1-45(2)33-17-18-34-37(22-33)47(26-28-10-5-4-6-11-28)42(49)35-23-44-24-38(48)30-16-19-39-40(21-30)52-43(50,51-39)36-15-8-7-13-32(36)27-46(3)25-29-12-9-14-31(20-29)41(34)35/h4-23,38,48,50H,24-27H2,1-3H3/q-1/p+2/t38-,43?/m0/s1. The molecule has 5 aromatic carbocycles. The maximum Gasteiger partial charge on any atom is 0.521 e. The fourth-order valence-corrected chi connectivity index (χ4v) is 7.54. The molecule has 8 rings (SSSR count). The molecule has 5 bridgehead atoms. The molecule has 0 saturated heterocycles. The molecule has 0 radical (unpaired) electrons. The minimum absolute atomic E-state index is 0.126. The Morgan fingerprint density at radius 3 is 2.50 bits per heavy atom. The number of hydrogen-bond acceptors (Lipinski definition) is 6. The first-order valence-corrected chi connectivity index (χ1v) is 17.7. The number of rotatable bonds is 3. The Labute approximate surface area is 302 Å². The van der Waals surface area contributed by atoms with Crippen molar-refractivity contribution in [2.75, 3.05) is 32.6 Å². The fraction of sp³-hybridized carbons (Fsp3) is 0.190. The minimum atomic E-state index is -2.83. The van der Waals surface area contributed by atoms with Crippen LogP contribution in [0.4, 0.5) is 5.69 Å². The van der Waals surface area contributed by atoms with Gasteiger partial charge < -0.3 is 33.8 Å². The van der Waals surface area contributed by atoms with Crippen LogP contribution in [0.2, 0.25) is 0 Å². The smallest absolute Gasteiger partial charge is 0.521 e. The van der Waals surface area contributed by atoms with E-state index in [2.05, 4.69) is 48.4 Å². The van der Waals surface area contributed by atoms with Crippen molar-refractivity contribution >= 4 is 35.0 Å². The predicted molar refractivity (Wildman–Crippen MR) is 206 cm³/mol. The quantitative estimate of drug-likeness (QED) is 0.212. The highest BCUT2D eigenvalue weighted by Gasteiger charge is 2.40. The van der Waals surface area contributed by atoms with Crippen molar-refractivity contribution in [2.24, 2.45) is 0 Å². The molecular formula is C42H42BN4O5+. The maximum absolute atomic E-state index is 14.8. The molecule has 0 spiro atoms. The maximum atomic E-state index is 14.8. The van der Waals surface area contributed by atoms with E-state index in [4.69, 9.17) is 9.31 Å². The molecule has 10 heteroatoms. The normalized spacial score (nSPS) is 19.5. The van der Waals surface area contributed by atoms with E-state index in [1.807, 2.05) is 84.2 Å². The third-order valence-electron chi connectivity index (χ3n) is 10.1. The Kier molecular flexibility index (Phi) is 8.67. The summed E-state index contributed by atoms with van der Waals surface area (Å²) in [6.07, 6.45) is 0.796. The minimum Gasteiger partial charge on any atom is -0.654 e. The predicted octanol–water partition coefficient (Wildman–Crippen LogP) is 2.15. The Hall–Kier alpha value is -5.68. The summed E-state index contributed by atoms with van der Waals surface area (Å²) in [5.41, 5.74) is 8.18. The largest absolute Gasteiger partial charge is 0.654 e. The molecule has 9 nitrogen and oxygen atoms in total. The number of fused-ring (bicyclic) bond motifs is 10. The van der Waals surface area contributed by atoms with Crippen molar-refractivity contribution in [1.29, 1.82) is 0 Å². The molecule has 3 atom stereocenters. The summed E-state index contributed by atoms with van der Waals surface area (Å²) in [6, 6.07) is 37.5. The number of β-amino-alcohol motifs (C(OH)–C–C–N with tert-alkyl or cyclic N) is 1. The number of quaternary nitrogens is 1. The van der Waals surface area contributed by atoms with Crippen LogP contribution in [0.3, 0.4) is 0 Å². The topological polar surface area (TPSA) is 103 Å². The zero-order valence-corrected chi connectivity index (χ0v) is 29.5. The second-order valence-electron chi connectivity index (χ2n) is 14.2. The van der Waals surface area contributed by atoms with E-state index in [9.17, 15) is 14.9 Å². The van der Waals surface area contributed by atoms with Crippen molar-refractivity contribution in [1.82, 2.24) is 4.57 Å². The summed E-state index contributed by atoms with van der Waals surface area (Å²) >= 11 is 0. The van der Waals surface area contributed by atoms with Crippen molar-refractivity contribution < 1.29 is 29.3 Å². The van der Waals surface area contributed by atoms with Gasteiger partial charge in [0.05, 0.1) is 19.1 Å². The van der Waals surface area contributed by atoms with Crippen LogP contribution in [0, 0.1) is 0 Å². The van der Waals surface area contributed by atoms with E-state index in [-0.39, 0.29) is 12.1 Å². The lowest BCUT2D eigenvalue weighted by atomic mass is 9.67. The van der Waals surface area contributed by atoms with Gasteiger partial charge in [-0.05, 0) is 52.6 Å². The van der Waals surface area contributed by atoms with E-state index >= 15 is 0 Å². The van der Waals surface area contributed by atoms with Gasteiger partial charge in [0, 0.05) is 36.3 Å². The Morgan fingerprint density at radius 1 is 0.885 bits per heavy atom. The monoisotopic (exact) mass is 693 g/mol. The summed E-state index contributed by atoms with van der Waals surface area (Å²) in [5, 5.41) is 24.1. The summed E-state index contributed by atoms with van der Waals surface area (Å²) in [4.78, 5) is 21.3. The van der Waals surface area contributed by atoms with E-state index in [1.165, 1.54) is 4.90 Å². The number of benzene rings is 5. The molecule has 52 heavy (non-hydrogen) atoms. The molecule has 3 heterocycles. The van der Waals surface area contributed by atoms with E-state index in [1.54, 1.807) is 24.4 Å². The fourth-order valence-electron chi connectivity index (χ4n) is 7.54. The van der Waals surface area contributed by atoms with Crippen LogP contribution in [-0.2, 0) is 19.6 Å². The average molecular weight is 694 g/mol. The zero-order chi connectivity index (χ0) is 36.0. The van der Waals surface area contributed by atoms with Gasteiger partial charge in [0.15, 0.2) is 12.8 Å². The molecule has 4 N–H and O–H groups in total. The highest BCUT2D eigenvalue weighted by molar-refractivity contribution is 6.76. The second kappa shape index (κ2) is 13.5. The zero-order valence-electron chi connectivity index (χ0n) is 29.5. The van der Waals surface area contributed by atoms with Gasteiger partial charge in [0.25, 0.3) is 5.56 Å². The summed E-state index contributed by atoms with van der Waals surface area (Å²) in [7, 11) is 6.12. The highest BCUT2D eigenvalue weighted by atomic mass is 16.7. The Bertz CT molecular complexity index is 2400. The molecule has 2 aliphatic heterocycles. The second-order valence-corrected chi connectivity index (χ2v) is 14.2. The van der Waals surface area contributed by atoms with Gasteiger partial charge in [0.1, 0.15) is 36.3 Å². The van der Waals surface area contributed by atoms with Gasteiger partial charge >= 0.3 is 6.75 Å². The number of aromatic nitrogens is 1. The summed E-state index contributed by atoms with van der Waals surface area (Å²) in [5.74, 6) is 0.780. The van der Waals surface area contributed by atoms with Crippen LogP contribution in [0.25, 0.3) is 22.0 Å². The summed E-state index contributed by atoms with van der Waals surface area (Å²) in [6.45, 7) is -1.01. The van der Waals surface area contributed by atoms with Gasteiger partial charge in [-0.15, -0.1) is 0 Å². The van der Waals surface area contributed by atoms with Crippen molar-refractivity contribution in [3.63, 3.8) is 0 Å². The van der Waals surface area contributed by atoms with Gasteiger partial charge in [-0.3, -0.25) is 4.79 Å². The van der Waals surface area contributed by atoms with Crippen LogP contribution in [0.15, 0.2) is 120 Å². The number of hydrogen-bond donors (Lipinski definition) is 4. The van der Waals surface area contributed by atoms with E-state index < -0.39 is 12.9 Å². The Balaban J connectivity index is 1.32. The third kappa shape index (κ3) is 6.26. The van der Waals surface area contributed by atoms with Crippen LogP contribution < -0.4 is 35.1 Å². The van der Waals surface area contributed by atoms with Crippen molar-refractivity contribution in [2.45, 2.75) is 25.7 Å². The SMILES string of the molecule is CN(C)c1ccc2c3c(c(=O)n(Cc4ccccc4)c2c1)C=[NH+]C[C@H](O)c1ccc2c(c1)O[B-](O)(O2)c1ccccc1C[NH+](C)Cc1cccc-3c1. The van der Waals surface area contributed by atoms with Crippen LogP contribution >= 0.6 is 0 Å². The number of aliphatic hydroxyl groups is 1. The molecule has 2 unspecified atom stereocenters. The number of anilines is 1. The Morgan fingerprint density at radius 2 is 1.67 bits per heavy atom. The van der Waals surface area contributed by atoms with Crippen LogP contribution in [0.5, 0.6) is 11.5 Å². The third-order valence-corrected chi connectivity index (χ3v) is 10.1. The molecular weight excluding hydrogens is 651 g/mol. The van der Waals surface area contributed by atoms with Gasteiger partial charge in [-0.25, -0.2) is 4.99 Å². The lowest BCUT2D eigenvalue weighted by molar-refractivity contribution is -0.907. The molecule has 0 fully saturated rings. The molecule has 0 amide bonds. The molecule has 262 valence electrons. The van der Waals surface area contributed by atoms with Crippen molar-refractivity contribution in [3.05, 3.63) is 153 Å². The number of nitrogens with zero attached hydrogens (tertiary/aromatic N) is 2. The molecule has 0 saturated carbocycles. The van der Waals surface area contributed by atoms with E-state index in [0.29, 0.717) is 47.7 Å². The summed E-state index contributed by atoms with van der Waals surface area (Å²) < 4.78 is 14.0.